The zero-order valence-electron chi connectivity index (χ0n) is 11.8. The first-order valence-electron chi connectivity index (χ1n) is 6.69. The number of carbonyl (C=O) groups excluding carboxylic acids is 1. The van der Waals surface area contributed by atoms with Crippen molar-refractivity contribution in [3.05, 3.63) is 35.9 Å². The van der Waals surface area contributed by atoms with E-state index in [0.717, 1.165) is 18.8 Å². The number of hydrogen-bond donors (Lipinski definition) is 1. The van der Waals surface area contributed by atoms with Crippen molar-refractivity contribution in [3.8, 4) is 0 Å². The van der Waals surface area contributed by atoms with E-state index in [0.29, 0.717) is 5.25 Å². The molecule has 2 rings (SSSR count). The van der Waals surface area contributed by atoms with E-state index in [4.69, 9.17) is 0 Å². The van der Waals surface area contributed by atoms with Gasteiger partial charge in [-0.2, -0.15) is 11.8 Å². The predicted octanol–water partition coefficient (Wildman–Crippen LogP) is 3.28. The summed E-state index contributed by atoms with van der Waals surface area (Å²) >= 11 is 1.93. The van der Waals surface area contributed by atoms with E-state index in [-0.39, 0.29) is 11.6 Å². The van der Waals surface area contributed by atoms with Crippen LogP contribution in [-0.2, 0) is 0 Å². The number of nitrogens with one attached hydrogen (secondary N) is 1. The lowest BCUT2D eigenvalue weighted by atomic mass is 10.1. The lowest BCUT2D eigenvalue weighted by Gasteiger charge is -2.34. The fourth-order valence-electron chi connectivity index (χ4n) is 2.10. The highest BCUT2D eigenvalue weighted by atomic mass is 32.2. The number of carbonyl (C=O) groups is 1. The molecule has 1 aliphatic heterocycles. The topological polar surface area (TPSA) is 32.3 Å². The summed E-state index contributed by atoms with van der Waals surface area (Å²) < 4.78 is 0. The average molecular weight is 278 g/mol. The van der Waals surface area contributed by atoms with Crippen molar-refractivity contribution in [2.75, 3.05) is 18.8 Å². The largest absolute Gasteiger partial charge is 0.333 e. The third kappa shape index (κ3) is 4.16. The van der Waals surface area contributed by atoms with Crippen LogP contribution in [0.15, 0.2) is 30.3 Å². The summed E-state index contributed by atoms with van der Waals surface area (Å²) in [5.74, 6) is 0.997. The van der Waals surface area contributed by atoms with Gasteiger partial charge >= 0.3 is 6.03 Å². The zero-order chi connectivity index (χ0) is 13.9. The maximum atomic E-state index is 12.2. The molecule has 104 valence electrons. The normalized spacial score (nSPS) is 20.2. The Hall–Kier alpha value is -1.16. The molecule has 1 heterocycles. The molecule has 19 heavy (non-hydrogen) atoms. The molecule has 1 atom stereocenters. The molecule has 0 aliphatic carbocycles. The van der Waals surface area contributed by atoms with Gasteiger partial charge in [-0.05, 0) is 26.3 Å². The maximum absolute atomic E-state index is 12.2. The molecule has 0 aromatic heterocycles. The highest BCUT2D eigenvalue weighted by Gasteiger charge is 2.26. The van der Waals surface area contributed by atoms with Crippen LogP contribution < -0.4 is 5.32 Å². The Bertz CT molecular complexity index is 428. The van der Waals surface area contributed by atoms with Crippen molar-refractivity contribution < 1.29 is 4.79 Å². The van der Waals surface area contributed by atoms with Gasteiger partial charge in [-0.1, -0.05) is 30.3 Å². The van der Waals surface area contributed by atoms with Gasteiger partial charge < -0.3 is 10.2 Å². The summed E-state index contributed by atoms with van der Waals surface area (Å²) in [7, 11) is 0. The first kappa shape index (κ1) is 14.3. The number of benzene rings is 1. The molecule has 0 spiro atoms. The molecule has 0 saturated carbocycles. The zero-order valence-corrected chi connectivity index (χ0v) is 12.7. The third-order valence-electron chi connectivity index (χ3n) is 3.01. The van der Waals surface area contributed by atoms with E-state index in [1.807, 2.05) is 43.5 Å². The molecule has 1 N–H and O–H groups in total. The summed E-state index contributed by atoms with van der Waals surface area (Å²) in [5, 5.41) is 3.43. The van der Waals surface area contributed by atoms with Crippen LogP contribution in [0.25, 0.3) is 0 Å². The van der Waals surface area contributed by atoms with Crippen molar-refractivity contribution in [1.82, 2.24) is 10.2 Å². The molecule has 1 unspecified atom stereocenters. The Kier molecular flexibility index (Phi) is 4.40. The van der Waals surface area contributed by atoms with E-state index in [9.17, 15) is 4.79 Å². The minimum atomic E-state index is -0.177. The minimum Gasteiger partial charge on any atom is -0.333 e. The number of hydrogen-bond acceptors (Lipinski definition) is 2. The van der Waals surface area contributed by atoms with Crippen LogP contribution in [-0.4, -0.2) is 35.3 Å². The molecule has 0 bridgehead atoms. The van der Waals surface area contributed by atoms with Crippen LogP contribution >= 0.6 is 11.8 Å². The second-order valence-corrected chi connectivity index (χ2v) is 7.21. The van der Waals surface area contributed by atoms with Crippen LogP contribution in [0.2, 0.25) is 0 Å². The second kappa shape index (κ2) is 5.87. The lowest BCUT2D eigenvalue weighted by molar-refractivity contribution is 0.190. The van der Waals surface area contributed by atoms with Gasteiger partial charge in [0.15, 0.2) is 0 Å². The van der Waals surface area contributed by atoms with Crippen molar-refractivity contribution in [3.63, 3.8) is 0 Å². The molecule has 1 saturated heterocycles. The predicted molar refractivity (Wildman–Crippen MR) is 81.5 cm³/mol. The van der Waals surface area contributed by atoms with Crippen molar-refractivity contribution in [1.29, 1.82) is 0 Å². The highest BCUT2D eigenvalue weighted by molar-refractivity contribution is 7.99. The van der Waals surface area contributed by atoms with Gasteiger partial charge in [0, 0.05) is 29.6 Å². The fourth-order valence-corrected chi connectivity index (χ4v) is 3.35. The van der Waals surface area contributed by atoms with Crippen molar-refractivity contribution in [2.24, 2.45) is 0 Å². The van der Waals surface area contributed by atoms with Crippen LogP contribution in [0.4, 0.5) is 4.79 Å². The van der Waals surface area contributed by atoms with Gasteiger partial charge in [-0.25, -0.2) is 4.79 Å². The maximum Gasteiger partial charge on any atom is 0.317 e. The standard InChI is InChI=1S/C15H22N2OS/c1-15(2,3)16-14(18)17-9-10-19-13(11-17)12-7-5-4-6-8-12/h4-8,13H,9-11H2,1-3H3,(H,16,18). The molecular weight excluding hydrogens is 256 g/mol. The minimum absolute atomic E-state index is 0.0498. The highest BCUT2D eigenvalue weighted by Crippen LogP contribution is 2.32. The Labute approximate surface area is 119 Å². The van der Waals surface area contributed by atoms with Gasteiger partial charge in [-0.15, -0.1) is 0 Å². The quantitative estimate of drug-likeness (QED) is 0.855. The lowest BCUT2D eigenvalue weighted by Crippen LogP contribution is -2.51. The summed E-state index contributed by atoms with van der Waals surface area (Å²) in [5.41, 5.74) is 1.13. The second-order valence-electron chi connectivity index (χ2n) is 5.90. The van der Waals surface area contributed by atoms with Crippen LogP contribution in [0, 0.1) is 0 Å². The Morgan fingerprint density at radius 2 is 2.00 bits per heavy atom. The molecular formula is C15H22N2OS. The smallest absolute Gasteiger partial charge is 0.317 e. The number of nitrogens with zero attached hydrogens (tertiary/aromatic N) is 1. The molecule has 4 heteroatoms. The summed E-state index contributed by atoms with van der Waals surface area (Å²) in [6, 6.07) is 10.5. The monoisotopic (exact) mass is 278 g/mol. The van der Waals surface area contributed by atoms with E-state index >= 15 is 0 Å². The first-order chi connectivity index (χ1) is 8.96. The van der Waals surface area contributed by atoms with E-state index in [1.54, 1.807) is 0 Å². The Balaban J connectivity index is 2.00. The Morgan fingerprint density at radius 3 is 2.63 bits per heavy atom. The fraction of sp³-hybridized carbons (Fsp3) is 0.533. The van der Waals surface area contributed by atoms with Crippen molar-refractivity contribution in [2.45, 2.75) is 31.6 Å². The van der Waals surface area contributed by atoms with E-state index in [1.165, 1.54) is 5.56 Å². The molecule has 3 nitrogen and oxygen atoms in total. The number of amides is 2. The van der Waals surface area contributed by atoms with E-state index in [2.05, 4.69) is 29.6 Å². The molecule has 0 radical (unpaired) electrons. The van der Waals surface area contributed by atoms with Crippen LogP contribution in [0.3, 0.4) is 0 Å². The van der Waals surface area contributed by atoms with Crippen LogP contribution in [0.5, 0.6) is 0 Å². The Morgan fingerprint density at radius 1 is 1.32 bits per heavy atom. The number of urea groups is 1. The molecule has 2 amide bonds. The number of rotatable bonds is 1. The average Bonchev–Trinajstić information content (AvgIpc) is 2.38. The third-order valence-corrected chi connectivity index (χ3v) is 4.25. The van der Waals surface area contributed by atoms with Gasteiger partial charge in [0.1, 0.15) is 0 Å². The van der Waals surface area contributed by atoms with Crippen molar-refractivity contribution >= 4 is 17.8 Å². The van der Waals surface area contributed by atoms with Gasteiger partial charge in [0.2, 0.25) is 0 Å². The van der Waals surface area contributed by atoms with Crippen LogP contribution in [0.1, 0.15) is 31.6 Å². The SMILES string of the molecule is CC(C)(C)NC(=O)N1CCSC(c2ccccc2)C1. The summed E-state index contributed by atoms with van der Waals surface area (Å²) in [6.45, 7) is 7.65. The van der Waals surface area contributed by atoms with Gasteiger partial charge in [-0.3, -0.25) is 0 Å². The summed E-state index contributed by atoms with van der Waals surface area (Å²) in [4.78, 5) is 14.1. The molecule has 1 aliphatic rings. The summed E-state index contributed by atoms with van der Waals surface area (Å²) in [6.07, 6.45) is 0. The molecule has 1 fully saturated rings. The van der Waals surface area contributed by atoms with Gasteiger partial charge in [0.25, 0.3) is 0 Å². The molecule has 1 aromatic rings. The number of thioether (sulfide) groups is 1. The first-order valence-corrected chi connectivity index (χ1v) is 7.74. The van der Waals surface area contributed by atoms with E-state index < -0.39 is 0 Å². The van der Waals surface area contributed by atoms with Gasteiger partial charge in [0.05, 0.1) is 0 Å². The molecule has 1 aromatic carbocycles.